The molecule has 1 N–H and O–H groups in total. The number of imidazole rings is 1. The van der Waals surface area contributed by atoms with Crippen LogP contribution in [0.25, 0.3) is 11.0 Å². The highest BCUT2D eigenvalue weighted by Gasteiger charge is 2.48. The van der Waals surface area contributed by atoms with Gasteiger partial charge in [-0.1, -0.05) is 25.6 Å². The quantitative estimate of drug-likeness (QED) is 0.879. The van der Waals surface area contributed by atoms with Crippen molar-refractivity contribution < 1.29 is 14.3 Å². The SMILES string of the molecule is CC1(C)CC1n1c(SCC(=O)O)nc2ccc(F)cc21. The Kier molecular flexibility index (Phi) is 3.01. The first-order valence-electron chi connectivity index (χ1n) is 6.40. The number of fused-ring (bicyclic) bond motifs is 1. The minimum Gasteiger partial charge on any atom is -0.481 e. The fourth-order valence-electron chi connectivity index (χ4n) is 2.45. The number of aliphatic carboxylic acids is 1. The molecule has 1 aliphatic carbocycles. The predicted molar refractivity (Wildman–Crippen MR) is 75.5 cm³/mol. The van der Waals surface area contributed by atoms with Gasteiger partial charge in [0.25, 0.3) is 0 Å². The van der Waals surface area contributed by atoms with Gasteiger partial charge in [-0.15, -0.1) is 0 Å². The van der Waals surface area contributed by atoms with E-state index in [0.717, 1.165) is 11.9 Å². The molecular formula is C14H15FN2O2S. The molecule has 6 heteroatoms. The first-order chi connectivity index (χ1) is 9.38. The normalized spacial score (nSPS) is 20.2. The van der Waals surface area contributed by atoms with E-state index < -0.39 is 5.97 Å². The molecule has 0 saturated heterocycles. The average molecular weight is 294 g/mol. The number of hydrogen-bond acceptors (Lipinski definition) is 3. The Morgan fingerprint density at radius 1 is 1.60 bits per heavy atom. The van der Waals surface area contributed by atoms with E-state index in [2.05, 4.69) is 18.8 Å². The summed E-state index contributed by atoms with van der Waals surface area (Å²) < 4.78 is 15.5. The molecule has 20 heavy (non-hydrogen) atoms. The van der Waals surface area contributed by atoms with Crippen molar-refractivity contribution in [2.75, 3.05) is 5.75 Å². The molecule has 106 valence electrons. The number of carbonyl (C=O) groups is 1. The molecule has 1 saturated carbocycles. The van der Waals surface area contributed by atoms with Crippen molar-refractivity contribution in [2.24, 2.45) is 5.41 Å². The number of benzene rings is 1. The maximum atomic E-state index is 13.5. The summed E-state index contributed by atoms with van der Waals surface area (Å²) in [6, 6.07) is 4.75. The number of halogens is 1. The van der Waals surface area contributed by atoms with Crippen molar-refractivity contribution in [3.05, 3.63) is 24.0 Å². The van der Waals surface area contributed by atoms with Crippen molar-refractivity contribution >= 4 is 28.8 Å². The molecule has 0 aliphatic heterocycles. The van der Waals surface area contributed by atoms with Crippen molar-refractivity contribution in [2.45, 2.75) is 31.5 Å². The van der Waals surface area contributed by atoms with Crippen LogP contribution in [0.5, 0.6) is 0 Å². The van der Waals surface area contributed by atoms with Crippen LogP contribution in [0.4, 0.5) is 4.39 Å². The molecule has 0 spiro atoms. The molecular weight excluding hydrogens is 279 g/mol. The van der Waals surface area contributed by atoms with E-state index in [1.54, 1.807) is 6.07 Å². The van der Waals surface area contributed by atoms with E-state index in [-0.39, 0.29) is 23.0 Å². The van der Waals surface area contributed by atoms with Crippen molar-refractivity contribution in [1.29, 1.82) is 0 Å². The minimum atomic E-state index is -0.880. The highest BCUT2D eigenvalue weighted by atomic mass is 32.2. The van der Waals surface area contributed by atoms with Gasteiger partial charge in [0.2, 0.25) is 0 Å². The van der Waals surface area contributed by atoms with Gasteiger partial charge >= 0.3 is 5.97 Å². The molecule has 1 unspecified atom stereocenters. The second-order valence-corrected chi connectivity index (χ2v) is 6.73. The summed E-state index contributed by atoms with van der Waals surface area (Å²) in [6.07, 6.45) is 0.996. The maximum absolute atomic E-state index is 13.5. The van der Waals surface area contributed by atoms with Crippen LogP contribution in [0.1, 0.15) is 26.3 Å². The van der Waals surface area contributed by atoms with E-state index in [0.29, 0.717) is 10.7 Å². The van der Waals surface area contributed by atoms with Crippen molar-refractivity contribution in [3.8, 4) is 0 Å². The zero-order valence-corrected chi connectivity index (χ0v) is 12.1. The molecule has 1 heterocycles. The van der Waals surface area contributed by atoms with Crippen molar-refractivity contribution in [1.82, 2.24) is 9.55 Å². The average Bonchev–Trinajstić information content (AvgIpc) is 2.83. The highest BCUT2D eigenvalue weighted by Crippen LogP contribution is 2.57. The number of nitrogens with zero attached hydrogens (tertiary/aromatic N) is 2. The van der Waals surface area contributed by atoms with E-state index in [1.165, 1.54) is 23.9 Å². The van der Waals surface area contributed by atoms with Gasteiger partial charge < -0.3 is 9.67 Å². The van der Waals surface area contributed by atoms with Crippen LogP contribution in [-0.2, 0) is 4.79 Å². The molecule has 4 nitrogen and oxygen atoms in total. The fraction of sp³-hybridized carbons (Fsp3) is 0.429. The highest BCUT2D eigenvalue weighted by molar-refractivity contribution is 7.99. The summed E-state index contributed by atoms with van der Waals surface area (Å²) in [7, 11) is 0. The lowest BCUT2D eigenvalue weighted by Crippen LogP contribution is -2.04. The zero-order chi connectivity index (χ0) is 14.5. The number of rotatable bonds is 4. The van der Waals surface area contributed by atoms with Gasteiger partial charge in [0.05, 0.1) is 16.8 Å². The molecule has 1 fully saturated rings. The Morgan fingerprint density at radius 2 is 2.30 bits per heavy atom. The van der Waals surface area contributed by atoms with Gasteiger partial charge in [0.1, 0.15) is 5.82 Å². The number of carboxylic acid groups (broad SMARTS) is 1. The topological polar surface area (TPSA) is 55.1 Å². The molecule has 3 rings (SSSR count). The smallest absolute Gasteiger partial charge is 0.313 e. The van der Waals surface area contributed by atoms with Crippen LogP contribution in [0.3, 0.4) is 0 Å². The van der Waals surface area contributed by atoms with Crippen LogP contribution in [0.15, 0.2) is 23.4 Å². The lowest BCUT2D eigenvalue weighted by molar-refractivity contribution is -0.133. The van der Waals surface area contributed by atoms with E-state index >= 15 is 0 Å². The van der Waals surface area contributed by atoms with Gasteiger partial charge in [-0.25, -0.2) is 9.37 Å². The third kappa shape index (κ3) is 2.28. The van der Waals surface area contributed by atoms with Gasteiger partial charge in [-0.3, -0.25) is 4.79 Å². The van der Waals surface area contributed by atoms with Crippen LogP contribution in [0, 0.1) is 11.2 Å². The van der Waals surface area contributed by atoms with E-state index in [1.807, 2.05) is 4.57 Å². The Labute approximate surface area is 120 Å². The standard InChI is InChI=1S/C14H15FN2O2S/c1-14(2)6-11(14)17-10-5-8(15)3-4-9(10)16-13(17)20-7-12(18)19/h3-5,11H,6-7H2,1-2H3,(H,18,19). The van der Waals surface area contributed by atoms with E-state index in [9.17, 15) is 9.18 Å². The van der Waals surface area contributed by atoms with Gasteiger partial charge in [0, 0.05) is 6.04 Å². The third-order valence-electron chi connectivity index (χ3n) is 3.72. The maximum Gasteiger partial charge on any atom is 0.313 e. The Hall–Kier alpha value is -1.56. The molecule has 0 amide bonds. The van der Waals surface area contributed by atoms with Gasteiger partial charge in [0.15, 0.2) is 5.16 Å². The lowest BCUT2D eigenvalue weighted by atomic mass is 10.2. The number of hydrogen-bond donors (Lipinski definition) is 1. The van der Waals surface area contributed by atoms with Crippen LogP contribution < -0.4 is 0 Å². The molecule has 1 aliphatic rings. The molecule has 1 aromatic carbocycles. The molecule has 2 aromatic rings. The summed E-state index contributed by atoms with van der Waals surface area (Å²) in [4.78, 5) is 15.2. The second kappa shape index (κ2) is 4.48. The molecule has 1 atom stereocenters. The number of carboxylic acids is 1. The Bertz CT molecular complexity index is 696. The monoisotopic (exact) mass is 294 g/mol. The Morgan fingerprint density at radius 3 is 2.90 bits per heavy atom. The number of aromatic nitrogens is 2. The van der Waals surface area contributed by atoms with E-state index in [4.69, 9.17) is 5.11 Å². The number of thioether (sulfide) groups is 1. The van der Waals surface area contributed by atoms with Crippen LogP contribution >= 0.6 is 11.8 Å². The first-order valence-corrected chi connectivity index (χ1v) is 7.39. The minimum absolute atomic E-state index is 0.0427. The van der Waals surface area contributed by atoms with Crippen LogP contribution in [0.2, 0.25) is 0 Å². The second-order valence-electron chi connectivity index (χ2n) is 5.79. The summed E-state index contributed by atoms with van der Waals surface area (Å²) in [5.41, 5.74) is 1.61. The Balaban J connectivity index is 2.08. The molecule has 0 radical (unpaired) electrons. The van der Waals surface area contributed by atoms with Gasteiger partial charge in [-0.2, -0.15) is 0 Å². The van der Waals surface area contributed by atoms with Crippen molar-refractivity contribution in [3.63, 3.8) is 0 Å². The summed E-state index contributed by atoms with van der Waals surface area (Å²) in [5, 5.41) is 9.48. The van der Waals surface area contributed by atoms with Gasteiger partial charge in [-0.05, 0) is 30.0 Å². The molecule has 1 aromatic heterocycles. The third-order valence-corrected chi connectivity index (χ3v) is 4.65. The lowest BCUT2D eigenvalue weighted by Gasteiger charge is -2.10. The predicted octanol–water partition coefficient (Wildman–Crippen LogP) is 3.32. The summed E-state index contributed by atoms with van der Waals surface area (Å²) in [5.74, 6) is -1.22. The van der Waals surface area contributed by atoms with Crippen LogP contribution in [-0.4, -0.2) is 26.4 Å². The summed E-state index contributed by atoms with van der Waals surface area (Å²) >= 11 is 1.19. The molecule has 0 bridgehead atoms. The summed E-state index contributed by atoms with van der Waals surface area (Å²) in [6.45, 7) is 4.29. The fourth-order valence-corrected chi connectivity index (χ4v) is 3.23. The first kappa shape index (κ1) is 13.4. The zero-order valence-electron chi connectivity index (χ0n) is 11.3. The largest absolute Gasteiger partial charge is 0.481 e.